The van der Waals surface area contributed by atoms with E-state index < -0.39 is 15.6 Å². The van der Waals surface area contributed by atoms with Crippen molar-refractivity contribution >= 4 is 15.6 Å². The van der Waals surface area contributed by atoms with Gasteiger partial charge in [0.15, 0.2) is 0 Å². The van der Waals surface area contributed by atoms with Crippen LogP contribution in [0.4, 0.5) is 0 Å². The van der Waals surface area contributed by atoms with Crippen LogP contribution in [0.15, 0.2) is 4.74 Å². The molecule has 9 heteroatoms. The van der Waals surface area contributed by atoms with Crippen LogP contribution >= 0.6 is 15.6 Å². The highest BCUT2D eigenvalue weighted by molar-refractivity contribution is 7.61. The molecule has 0 amide bonds. The second-order valence-electron chi connectivity index (χ2n) is 1.29. The highest BCUT2D eigenvalue weighted by Crippen LogP contribution is 2.55. The summed E-state index contributed by atoms with van der Waals surface area (Å²) >= 11 is 0. The molecule has 0 aliphatic carbocycles. The summed E-state index contributed by atoms with van der Waals surface area (Å²) in [5.41, 5.74) is 0. The van der Waals surface area contributed by atoms with E-state index >= 15 is 0 Å². The van der Waals surface area contributed by atoms with E-state index in [0.717, 1.165) is 7.05 Å². The van der Waals surface area contributed by atoms with Crippen molar-refractivity contribution < 1.29 is 28.4 Å². The summed E-state index contributed by atoms with van der Waals surface area (Å²) in [4.78, 5) is 32.9. The third-order valence-electron chi connectivity index (χ3n) is 0.476. The quantitative estimate of drug-likeness (QED) is 0.443. The van der Waals surface area contributed by atoms with E-state index in [1.54, 1.807) is 0 Å². The van der Waals surface area contributed by atoms with Gasteiger partial charge >= 0.3 is 15.6 Å². The smallest absolute Gasteiger partial charge is 0.318 e. The third kappa shape index (κ3) is 5.08. The van der Waals surface area contributed by atoms with Crippen molar-refractivity contribution in [2.45, 2.75) is 0 Å². The van der Waals surface area contributed by atoms with Crippen LogP contribution in [0.25, 0.3) is 0 Å². The van der Waals surface area contributed by atoms with E-state index in [2.05, 4.69) is 9.06 Å². The summed E-state index contributed by atoms with van der Waals surface area (Å²) in [5, 5.41) is 0. The Bertz CT molecular complexity index is 198. The number of hydrogen-bond donors (Lipinski definition) is 4. The molecule has 0 aromatic heterocycles. The summed E-state index contributed by atoms with van der Waals surface area (Å²) < 4.78 is 16.2. The molecule has 7 nitrogen and oxygen atoms in total. The molecule has 0 saturated heterocycles. The molecule has 0 aliphatic heterocycles. The summed E-state index contributed by atoms with van der Waals surface area (Å²) in [6.45, 7) is 0. The van der Waals surface area contributed by atoms with Gasteiger partial charge in [0.25, 0.3) is 0 Å². The molecule has 0 fully saturated rings. The first-order valence-corrected chi connectivity index (χ1v) is 5.09. The molecule has 0 bridgehead atoms. The molecule has 0 rings (SSSR count). The van der Waals surface area contributed by atoms with Gasteiger partial charge in [-0.25, -0.2) is 13.6 Å². The third-order valence-corrected chi connectivity index (χ3v) is 2.72. The Balaban J connectivity index is 4.32. The van der Waals surface area contributed by atoms with E-state index in [1.165, 1.54) is 0 Å². The van der Waals surface area contributed by atoms with Gasteiger partial charge in [0, 0.05) is 7.05 Å². The fourth-order valence-electron chi connectivity index (χ4n) is 0.179. The van der Waals surface area contributed by atoms with Crippen molar-refractivity contribution in [2.75, 3.05) is 7.05 Å². The highest BCUT2D eigenvalue weighted by Gasteiger charge is 2.25. The van der Waals surface area contributed by atoms with Crippen LogP contribution in [0.2, 0.25) is 0 Å². The van der Waals surface area contributed by atoms with Crippen molar-refractivity contribution in [1.29, 1.82) is 0 Å². The van der Waals surface area contributed by atoms with E-state index in [-0.39, 0.29) is 0 Å². The van der Waals surface area contributed by atoms with Gasteiger partial charge in [-0.2, -0.15) is 0 Å². The summed E-state index contributed by atoms with van der Waals surface area (Å²) in [6.07, 6.45) is 0. The molecule has 0 saturated carbocycles. The van der Waals surface area contributed by atoms with Gasteiger partial charge in [-0.1, -0.05) is 0 Å². The minimum atomic E-state index is -4.85. The van der Waals surface area contributed by atoms with Crippen molar-refractivity contribution in [3.63, 3.8) is 0 Å². The molecule has 0 aliphatic rings. The van der Waals surface area contributed by atoms with Gasteiger partial charge in [0.1, 0.15) is 0 Å². The van der Waals surface area contributed by atoms with Gasteiger partial charge in [-0.15, -0.1) is 0 Å². The maximum Gasteiger partial charge on any atom is 0.477 e. The van der Waals surface area contributed by atoms with E-state index in [9.17, 15) is 4.57 Å². The molecule has 0 aromatic rings. The first kappa shape index (κ1) is 10.3. The van der Waals surface area contributed by atoms with Crippen molar-refractivity contribution in [3.8, 4) is 0 Å². The normalized spacial score (nSPS) is 13.3. The minimum Gasteiger partial charge on any atom is -0.318 e. The zero-order valence-electron chi connectivity index (χ0n) is 4.95. The predicted molar refractivity (Wildman–Crippen MR) is 32.8 cm³/mol. The van der Waals surface area contributed by atoms with E-state index in [4.69, 9.17) is 19.6 Å². The monoisotopic (exact) mass is 191 g/mol. The van der Waals surface area contributed by atoms with Crippen LogP contribution in [0.3, 0.4) is 0 Å². The van der Waals surface area contributed by atoms with Gasteiger partial charge < -0.3 is 19.6 Å². The molecule has 0 unspecified atom stereocenters. The Morgan fingerprint density at radius 1 is 1.30 bits per heavy atom. The van der Waals surface area contributed by atoms with E-state index in [1.807, 2.05) is 0 Å². The Morgan fingerprint density at radius 2 is 1.70 bits per heavy atom. The standard InChI is InChI=1S/CH7NO6P2/c1-2-9(3,4)8-10(5,6)7/h3-4H,1H3,(H2,5,6,7). The van der Waals surface area contributed by atoms with Crippen molar-refractivity contribution in [1.82, 2.24) is 0 Å². The Kier molecular flexibility index (Phi) is 3.19. The minimum absolute atomic E-state index is 0.976. The van der Waals surface area contributed by atoms with Crippen LogP contribution in [-0.2, 0) is 8.88 Å². The lowest BCUT2D eigenvalue weighted by molar-refractivity contribution is 0.254. The van der Waals surface area contributed by atoms with Gasteiger partial charge in [0.05, 0.1) is 0 Å². The molecule has 10 heavy (non-hydrogen) atoms. The first-order chi connectivity index (χ1) is 4.27. The molecular weight excluding hydrogens is 184 g/mol. The Labute approximate surface area is 56.8 Å². The number of phosphoric acid groups is 1. The lowest BCUT2D eigenvalue weighted by atomic mass is 11.6. The Morgan fingerprint density at radius 3 is 1.80 bits per heavy atom. The highest BCUT2D eigenvalue weighted by atomic mass is 31.3. The maximum absolute atomic E-state index is 9.93. The fourth-order valence-corrected chi connectivity index (χ4v) is 1.61. The lowest BCUT2D eigenvalue weighted by Gasteiger charge is -2.09. The van der Waals surface area contributed by atoms with Crippen LogP contribution in [0, 0.1) is 0 Å². The number of rotatable bonds is 2. The maximum atomic E-state index is 9.93. The molecule has 62 valence electrons. The van der Waals surface area contributed by atoms with Gasteiger partial charge in [0.2, 0.25) is 0 Å². The summed E-state index contributed by atoms with van der Waals surface area (Å²) in [5.74, 6) is 0. The molecule has 0 aromatic carbocycles. The molecular formula is CH7NO6P2. The average Bonchev–Trinajstić information content (AvgIpc) is 1.60. The molecule has 0 spiro atoms. The molecule has 0 radical (unpaired) electrons. The summed E-state index contributed by atoms with van der Waals surface area (Å²) in [7, 11) is -8.06. The lowest BCUT2D eigenvalue weighted by Crippen LogP contribution is -1.85. The molecule has 4 N–H and O–H groups in total. The topological polar surface area (TPSA) is 120 Å². The molecule has 0 heterocycles. The largest absolute Gasteiger partial charge is 0.477 e. The second-order valence-corrected chi connectivity index (χ2v) is 4.35. The van der Waals surface area contributed by atoms with E-state index in [0.29, 0.717) is 0 Å². The van der Waals surface area contributed by atoms with Crippen LogP contribution in [-0.4, -0.2) is 26.6 Å². The second kappa shape index (κ2) is 3.11. The van der Waals surface area contributed by atoms with Crippen LogP contribution in [0.5, 0.6) is 0 Å². The van der Waals surface area contributed by atoms with Gasteiger partial charge in [-0.05, 0) is 0 Å². The first-order valence-electron chi connectivity index (χ1n) is 1.99. The fraction of sp³-hybridized carbons (Fsp3) is 1.00. The average molecular weight is 191 g/mol. The zero-order valence-corrected chi connectivity index (χ0v) is 6.74. The Hall–Kier alpha value is 0.260. The number of hydrogen-bond acceptors (Lipinski definition) is 3. The van der Waals surface area contributed by atoms with Crippen molar-refractivity contribution in [2.24, 2.45) is 4.74 Å². The summed E-state index contributed by atoms with van der Waals surface area (Å²) in [6, 6.07) is 0. The predicted octanol–water partition coefficient (Wildman–Crippen LogP) is -0.344. The molecule has 0 atom stereocenters. The van der Waals surface area contributed by atoms with Gasteiger partial charge in [-0.3, -0.25) is 0 Å². The zero-order chi connectivity index (χ0) is 8.41. The SMILES string of the molecule is CN=P(O)(O)OP(=O)(O)O. The van der Waals surface area contributed by atoms with Crippen LogP contribution < -0.4 is 0 Å². The van der Waals surface area contributed by atoms with Crippen molar-refractivity contribution in [3.05, 3.63) is 0 Å². The number of nitrogens with zero attached hydrogens (tertiary/aromatic N) is 1. The van der Waals surface area contributed by atoms with Crippen LogP contribution in [0.1, 0.15) is 0 Å².